The Morgan fingerprint density at radius 3 is 2.96 bits per heavy atom. The molecule has 1 aliphatic carbocycles. The van der Waals surface area contributed by atoms with Gasteiger partial charge < -0.3 is 15.0 Å². The molecule has 134 valence electrons. The van der Waals surface area contributed by atoms with Crippen LogP contribution in [0.25, 0.3) is 10.9 Å². The number of phenolic OH excluding ortho intramolecular Hbond substituents is 1. The summed E-state index contributed by atoms with van der Waals surface area (Å²) < 4.78 is 0. The molecule has 26 heavy (non-hydrogen) atoms. The standard InChI is InChI=1S/C22H23ClN2O/c1-25-8-7-22(14-3-2-4-17(26)9-14)12-21-19(10-15(22)13-25)18-6-5-16(23)11-20(18)24-21/h2-6,9,11,15,24,26H,7-8,10,12-13H2,1H3. The van der Waals surface area contributed by atoms with Crippen LogP contribution in [0, 0.1) is 5.92 Å². The number of nitrogens with zero attached hydrogens (tertiary/aromatic N) is 1. The molecule has 2 aromatic carbocycles. The molecule has 2 N–H and O–H groups in total. The highest BCUT2D eigenvalue weighted by Gasteiger charge is 2.47. The number of rotatable bonds is 1. The van der Waals surface area contributed by atoms with Crippen LogP contribution in [0.3, 0.4) is 0 Å². The Labute approximate surface area is 158 Å². The largest absolute Gasteiger partial charge is 0.508 e. The fourth-order valence-corrected chi connectivity index (χ4v) is 5.43. The van der Waals surface area contributed by atoms with Crippen LogP contribution in [0.15, 0.2) is 42.5 Å². The van der Waals surface area contributed by atoms with E-state index in [1.54, 1.807) is 6.07 Å². The van der Waals surface area contributed by atoms with Crippen LogP contribution >= 0.6 is 11.6 Å². The van der Waals surface area contributed by atoms with Gasteiger partial charge in [0.25, 0.3) is 0 Å². The number of benzene rings is 2. The predicted molar refractivity (Wildman–Crippen MR) is 106 cm³/mol. The summed E-state index contributed by atoms with van der Waals surface area (Å²) in [5, 5.41) is 12.2. The Morgan fingerprint density at radius 2 is 2.12 bits per heavy atom. The van der Waals surface area contributed by atoms with Gasteiger partial charge in [0, 0.05) is 33.6 Å². The third-order valence-corrected chi connectivity index (χ3v) is 6.81. The normalized spacial score (nSPS) is 25.8. The van der Waals surface area contributed by atoms with Crippen LogP contribution < -0.4 is 0 Å². The third kappa shape index (κ3) is 2.38. The number of aromatic nitrogens is 1. The molecular weight excluding hydrogens is 344 g/mol. The van der Waals surface area contributed by atoms with E-state index in [1.807, 2.05) is 24.3 Å². The van der Waals surface area contributed by atoms with Crippen LogP contribution in [0.5, 0.6) is 5.75 Å². The van der Waals surface area contributed by atoms with Crippen molar-refractivity contribution in [3.8, 4) is 5.75 Å². The Balaban J connectivity index is 1.68. The lowest BCUT2D eigenvalue weighted by Gasteiger charge is -2.50. The summed E-state index contributed by atoms with van der Waals surface area (Å²) in [6.45, 7) is 2.18. The van der Waals surface area contributed by atoms with Crippen molar-refractivity contribution >= 4 is 22.5 Å². The number of nitrogens with one attached hydrogen (secondary N) is 1. The zero-order valence-electron chi connectivity index (χ0n) is 14.9. The topological polar surface area (TPSA) is 39.3 Å². The molecule has 1 aliphatic heterocycles. The van der Waals surface area contributed by atoms with Crippen LogP contribution in [-0.4, -0.2) is 35.1 Å². The van der Waals surface area contributed by atoms with Crippen molar-refractivity contribution < 1.29 is 5.11 Å². The van der Waals surface area contributed by atoms with Gasteiger partial charge in [-0.2, -0.15) is 0 Å². The number of hydrogen-bond acceptors (Lipinski definition) is 2. The number of hydrogen-bond donors (Lipinski definition) is 2. The molecule has 2 unspecified atom stereocenters. The van der Waals surface area contributed by atoms with Crippen molar-refractivity contribution in [2.24, 2.45) is 5.92 Å². The molecule has 2 aliphatic rings. The second-order valence-electron chi connectivity index (χ2n) is 8.07. The molecule has 5 rings (SSSR count). The molecule has 0 saturated carbocycles. The van der Waals surface area contributed by atoms with E-state index in [-0.39, 0.29) is 5.41 Å². The summed E-state index contributed by atoms with van der Waals surface area (Å²) in [6, 6.07) is 14.1. The maximum absolute atomic E-state index is 10.1. The molecule has 0 amide bonds. The third-order valence-electron chi connectivity index (χ3n) is 6.57. The maximum atomic E-state index is 10.1. The molecule has 1 fully saturated rings. The second-order valence-corrected chi connectivity index (χ2v) is 8.50. The summed E-state index contributed by atoms with van der Waals surface area (Å²) in [6.07, 6.45) is 3.18. The first-order valence-corrected chi connectivity index (χ1v) is 9.70. The van der Waals surface area contributed by atoms with Crippen LogP contribution in [-0.2, 0) is 18.3 Å². The number of aromatic amines is 1. The molecule has 1 saturated heterocycles. The van der Waals surface area contributed by atoms with Gasteiger partial charge >= 0.3 is 0 Å². The molecule has 2 atom stereocenters. The van der Waals surface area contributed by atoms with Gasteiger partial charge in [-0.25, -0.2) is 0 Å². The van der Waals surface area contributed by atoms with E-state index < -0.39 is 0 Å². The number of fused-ring (bicyclic) bond motifs is 4. The van der Waals surface area contributed by atoms with Gasteiger partial charge in [0.15, 0.2) is 0 Å². The van der Waals surface area contributed by atoms with Gasteiger partial charge in [-0.15, -0.1) is 0 Å². The quantitative estimate of drug-likeness (QED) is 0.664. The molecule has 1 aromatic heterocycles. The lowest BCUT2D eigenvalue weighted by Crippen LogP contribution is -2.52. The molecule has 4 heteroatoms. The Hall–Kier alpha value is -1.97. The van der Waals surface area contributed by atoms with Crippen molar-refractivity contribution in [3.05, 3.63) is 64.3 Å². The zero-order valence-corrected chi connectivity index (χ0v) is 15.7. The van der Waals surface area contributed by atoms with E-state index in [2.05, 4.69) is 29.1 Å². The van der Waals surface area contributed by atoms with Crippen molar-refractivity contribution in [1.29, 1.82) is 0 Å². The van der Waals surface area contributed by atoms with Gasteiger partial charge in [-0.1, -0.05) is 29.8 Å². The fourth-order valence-electron chi connectivity index (χ4n) is 5.26. The summed E-state index contributed by atoms with van der Waals surface area (Å²) in [5.74, 6) is 0.911. The van der Waals surface area contributed by atoms with E-state index in [1.165, 1.54) is 22.2 Å². The van der Waals surface area contributed by atoms with Crippen LogP contribution in [0.4, 0.5) is 0 Å². The van der Waals surface area contributed by atoms with Crippen molar-refractivity contribution in [1.82, 2.24) is 9.88 Å². The number of likely N-dealkylation sites (tertiary alicyclic amines) is 1. The molecule has 3 nitrogen and oxygen atoms in total. The highest BCUT2D eigenvalue weighted by molar-refractivity contribution is 6.31. The number of aromatic hydroxyl groups is 1. The zero-order chi connectivity index (χ0) is 17.9. The Bertz CT molecular complexity index is 995. The highest BCUT2D eigenvalue weighted by atomic mass is 35.5. The second kappa shape index (κ2) is 5.77. The van der Waals surface area contributed by atoms with E-state index in [4.69, 9.17) is 11.6 Å². The SMILES string of the molecule is CN1CCC2(c3cccc(O)c3)Cc3[nH]c4cc(Cl)ccc4c3CC2C1. The number of phenols is 1. The van der Waals surface area contributed by atoms with Crippen molar-refractivity contribution in [2.45, 2.75) is 24.7 Å². The first-order chi connectivity index (χ1) is 12.5. The van der Waals surface area contributed by atoms with E-state index in [0.717, 1.165) is 42.9 Å². The smallest absolute Gasteiger partial charge is 0.115 e. The van der Waals surface area contributed by atoms with Gasteiger partial charge in [-0.3, -0.25) is 0 Å². The summed E-state index contributed by atoms with van der Waals surface area (Å²) in [4.78, 5) is 6.10. The molecule has 3 aromatic rings. The van der Waals surface area contributed by atoms with E-state index in [0.29, 0.717) is 11.7 Å². The number of piperidine rings is 1. The molecule has 0 radical (unpaired) electrons. The molecular formula is C22H23ClN2O. The molecule has 0 bridgehead atoms. The number of halogens is 1. The number of H-pyrrole nitrogens is 1. The van der Waals surface area contributed by atoms with E-state index in [9.17, 15) is 5.11 Å². The minimum atomic E-state index is 0.0862. The predicted octanol–water partition coefficient (Wildman–Crippen LogP) is 4.52. The van der Waals surface area contributed by atoms with Gasteiger partial charge in [0.1, 0.15) is 5.75 Å². The minimum absolute atomic E-state index is 0.0862. The first-order valence-electron chi connectivity index (χ1n) is 9.32. The summed E-state index contributed by atoms with van der Waals surface area (Å²) >= 11 is 6.21. The minimum Gasteiger partial charge on any atom is -0.508 e. The Kier molecular flexibility index (Phi) is 3.60. The lowest BCUT2D eigenvalue weighted by atomic mass is 9.59. The average molecular weight is 367 g/mol. The van der Waals surface area contributed by atoms with Crippen LogP contribution in [0.1, 0.15) is 23.2 Å². The molecule has 2 heterocycles. The average Bonchev–Trinajstić information content (AvgIpc) is 2.95. The lowest BCUT2D eigenvalue weighted by molar-refractivity contribution is 0.0994. The first kappa shape index (κ1) is 16.2. The highest BCUT2D eigenvalue weighted by Crippen LogP contribution is 2.49. The van der Waals surface area contributed by atoms with Gasteiger partial charge in [0.05, 0.1) is 0 Å². The van der Waals surface area contributed by atoms with Gasteiger partial charge in [0.2, 0.25) is 0 Å². The Morgan fingerprint density at radius 1 is 1.23 bits per heavy atom. The fraction of sp³-hybridized carbons (Fsp3) is 0.364. The van der Waals surface area contributed by atoms with E-state index >= 15 is 0 Å². The summed E-state index contributed by atoms with van der Waals surface area (Å²) in [5.41, 5.74) is 5.29. The summed E-state index contributed by atoms with van der Waals surface area (Å²) in [7, 11) is 2.22. The van der Waals surface area contributed by atoms with Gasteiger partial charge in [-0.05, 0) is 74.2 Å². The van der Waals surface area contributed by atoms with Crippen molar-refractivity contribution in [2.75, 3.05) is 20.1 Å². The molecule has 0 spiro atoms. The monoisotopic (exact) mass is 366 g/mol. The maximum Gasteiger partial charge on any atom is 0.115 e. The van der Waals surface area contributed by atoms with Crippen LogP contribution in [0.2, 0.25) is 5.02 Å². The van der Waals surface area contributed by atoms with Crippen molar-refractivity contribution in [3.63, 3.8) is 0 Å².